The molecule has 1 aromatic heterocycles. The van der Waals surface area contributed by atoms with Crippen molar-refractivity contribution in [3.05, 3.63) is 112 Å². The molecule has 0 spiro atoms. The van der Waals surface area contributed by atoms with Gasteiger partial charge in [0.1, 0.15) is 23.4 Å². The number of rotatable bonds is 9. The standard InChI is InChI=1S/C29H26ClN5O2/c30-23-6-4-5-21(13-23)18-35(26-11-12-32-29(26)36)19-24-17-33-28(34-24)15-20-9-10-22(16-31)27(14-20)37-25-7-2-1-3-8-25/h1-10,13-14,17,26H,11-12,15,18-19H2,(H,32,36)(H,33,34). The Hall–Kier alpha value is -4.12. The Balaban J connectivity index is 1.31. The van der Waals surface area contributed by atoms with Gasteiger partial charge in [-0.3, -0.25) is 9.69 Å². The van der Waals surface area contributed by atoms with Gasteiger partial charge in [0.25, 0.3) is 0 Å². The maximum absolute atomic E-state index is 12.5. The van der Waals surface area contributed by atoms with Crippen LogP contribution in [0, 0.1) is 11.3 Å². The minimum atomic E-state index is -0.207. The molecule has 5 rings (SSSR count). The Morgan fingerprint density at radius 2 is 1.92 bits per heavy atom. The lowest BCUT2D eigenvalue weighted by Gasteiger charge is -2.26. The van der Waals surface area contributed by atoms with Crippen molar-refractivity contribution in [1.82, 2.24) is 20.2 Å². The van der Waals surface area contributed by atoms with Gasteiger partial charge in [-0.05, 0) is 53.9 Å². The van der Waals surface area contributed by atoms with Crippen LogP contribution < -0.4 is 10.1 Å². The molecule has 37 heavy (non-hydrogen) atoms. The molecule has 1 saturated heterocycles. The van der Waals surface area contributed by atoms with Gasteiger partial charge in [0, 0.05) is 43.0 Å². The van der Waals surface area contributed by atoms with E-state index in [0.29, 0.717) is 48.1 Å². The fourth-order valence-electron chi connectivity index (χ4n) is 4.53. The summed E-state index contributed by atoms with van der Waals surface area (Å²) in [7, 11) is 0. The Morgan fingerprint density at radius 3 is 2.68 bits per heavy atom. The molecule has 1 unspecified atom stereocenters. The van der Waals surface area contributed by atoms with Crippen LogP contribution in [0.25, 0.3) is 0 Å². The summed E-state index contributed by atoms with van der Waals surface area (Å²) in [6, 6.07) is 24.7. The topological polar surface area (TPSA) is 94.0 Å². The van der Waals surface area contributed by atoms with Gasteiger partial charge < -0.3 is 15.0 Å². The van der Waals surface area contributed by atoms with Gasteiger partial charge in [0.15, 0.2) is 0 Å². The first-order valence-corrected chi connectivity index (χ1v) is 12.5. The fourth-order valence-corrected chi connectivity index (χ4v) is 4.75. The highest BCUT2D eigenvalue weighted by Gasteiger charge is 2.30. The van der Waals surface area contributed by atoms with Crippen molar-refractivity contribution in [3.63, 3.8) is 0 Å². The van der Waals surface area contributed by atoms with Crippen LogP contribution in [0.2, 0.25) is 5.02 Å². The maximum atomic E-state index is 12.5. The number of aromatic nitrogens is 2. The number of carbonyl (C=O) groups is 1. The predicted octanol–water partition coefficient (Wildman–Crippen LogP) is 5.21. The molecule has 3 aromatic carbocycles. The van der Waals surface area contributed by atoms with Gasteiger partial charge >= 0.3 is 0 Å². The van der Waals surface area contributed by atoms with Crippen LogP contribution in [0.3, 0.4) is 0 Å². The predicted molar refractivity (Wildman–Crippen MR) is 141 cm³/mol. The SMILES string of the molecule is N#Cc1ccc(Cc2ncc(CN(Cc3cccc(Cl)c3)C3CCNC3=O)[nH]2)cc1Oc1ccccc1. The minimum Gasteiger partial charge on any atom is -0.456 e. The summed E-state index contributed by atoms with van der Waals surface area (Å²) >= 11 is 6.19. The number of nitrogens with zero attached hydrogens (tertiary/aromatic N) is 3. The van der Waals surface area contributed by atoms with E-state index >= 15 is 0 Å². The van der Waals surface area contributed by atoms with Crippen LogP contribution in [0.4, 0.5) is 0 Å². The number of nitriles is 1. The number of nitrogens with one attached hydrogen (secondary N) is 2. The van der Waals surface area contributed by atoms with Crippen LogP contribution in [-0.4, -0.2) is 33.4 Å². The third-order valence-corrected chi connectivity index (χ3v) is 6.53. The minimum absolute atomic E-state index is 0.0466. The highest BCUT2D eigenvalue weighted by atomic mass is 35.5. The van der Waals surface area contributed by atoms with Crippen LogP contribution in [0.1, 0.15) is 34.6 Å². The smallest absolute Gasteiger partial charge is 0.237 e. The number of H-pyrrole nitrogens is 1. The Morgan fingerprint density at radius 1 is 1.05 bits per heavy atom. The highest BCUT2D eigenvalue weighted by Crippen LogP contribution is 2.27. The number of halogens is 1. The van der Waals surface area contributed by atoms with E-state index in [2.05, 4.69) is 26.3 Å². The van der Waals surface area contributed by atoms with Gasteiger partial charge in [-0.25, -0.2) is 4.98 Å². The van der Waals surface area contributed by atoms with Gasteiger partial charge in [-0.1, -0.05) is 48.0 Å². The van der Waals surface area contributed by atoms with Crippen molar-refractivity contribution >= 4 is 17.5 Å². The Labute approximate surface area is 220 Å². The van der Waals surface area contributed by atoms with Gasteiger partial charge in [-0.2, -0.15) is 5.26 Å². The molecule has 4 aromatic rings. The number of ether oxygens (including phenoxy) is 1. The average molecular weight is 512 g/mol. The molecule has 0 radical (unpaired) electrons. The average Bonchev–Trinajstić information content (AvgIpc) is 3.53. The summed E-state index contributed by atoms with van der Waals surface area (Å²) in [6.07, 6.45) is 3.13. The molecular formula is C29H26ClN5O2. The highest BCUT2D eigenvalue weighted by molar-refractivity contribution is 6.30. The molecular weight excluding hydrogens is 486 g/mol. The molecule has 7 nitrogen and oxygen atoms in total. The van der Waals surface area contributed by atoms with Gasteiger partial charge in [-0.15, -0.1) is 0 Å². The van der Waals surface area contributed by atoms with Crippen LogP contribution >= 0.6 is 11.6 Å². The summed E-state index contributed by atoms with van der Waals surface area (Å²) in [5.41, 5.74) is 3.41. The lowest BCUT2D eigenvalue weighted by molar-refractivity contribution is -0.124. The molecule has 8 heteroatoms. The summed E-state index contributed by atoms with van der Waals surface area (Å²) in [6.45, 7) is 1.83. The first kappa shape index (κ1) is 24.6. The quantitative estimate of drug-likeness (QED) is 0.322. The molecule has 0 aliphatic carbocycles. The van der Waals surface area contributed by atoms with Crippen LogP contribution in [0.15, 0.2) is 79.0 Å². The second-order valence-corrected chi connectivity index (χ2v) is 9.46. The third-order valence-electron chi connectivity index (χ3n) is 6.30. The molecule has 0 bridgehead atoms. The second-order valence-electron chi connectivity index (χ2n) is 9.02. The Kier molecular flexibility index (Phi) is 7.50. The number of hydrogen-bond acceptors (Lipinski definition) is 5. The first-order valence-electron chi connectivity index (χ1n) is 12.1. The number of benzene rings is 3. The monoisotopic (exact) mass is 511 g/mol. The van der Waals surface area contributed by atoms with Crippen molar-refractivity contribution < 1.29 is 9.53 Å². The van der Waals surface area contributed by atoms with E-state index in [4.69, 9.17) is 16.3 Å². The zero-order valence-electron chi connectivity index (χ0n) is 20.2. The molecule has 1 aliphatic rings. The van der Waals surface area contributed by atoms with Crippen molar-refractivity contribution in [2.45, 2.75) is 32.0 Å². The van der Waals surface area contributed by atoms with Crippen molar-refractivity contribution in [2.24, 2.45) is 0 Å². The lowest BCUT2D eigenvalue weighted by atomic mass is 10.1. The number of imidazole rings is 1. The molecule has 2 heterocycles. The van der Waals surface area contributed by atoms with Crippen molar-refractivity contribution in [2.75, 3.05) is 6.54 Å². The number of carbonyl (C=O) groups excluding carboxylic acids is 1. The zero-order chi connectivity index (χ0) is 25.6. The van der Waals surface area contributed by atoms with E-state index in [1.165, 1.54) is 0 Å². The van der Waals surface area contributed by atoms with E-state index in [9.17, 15) is 10.1 Å². The van der Waals surface area contributed by atoms with Crippen LogP contribution in [-0.2, 0) is 24.3 Å². The normalized spacial score (nSPS) is 14.9. The first-order chi connectivity index (χ1) is 18.1. The molecule has 1 aliphatic heterocycles. The molecule has 186 valence electrons. The van der Waals surface area contributed by atoms with E-state index in [1.54, 1.807) is 6.07 Å². The molecule has 1 fully saturated rings. The summed E-state index contributed by atoms with van der Waals surface area (Å²) in [5, 5.41) is 13.1. The zero-order valence-corrected chi connectivity index (χ0v) is 20.9. The van der Waals surface area contributed by atoms with E-state index < -0.39 is 0 Å². The lowest BCUT2D eigenvalue weighted by Crippen LogP contribution is -2.39. The number of para-hydroxylation sites is 1. The van der Waals surface area contributed by atoms with Gasteiger partial charge in [0.05, 0.1) is 11.6 Å². The number of hydrogen-bond donors (Lipinski definition) is 2. The molecule has 0 saturated carbocycles. The Bertz CT molecular complexity index is 1430. The summed E-state index contributed by atoms with van der Waals surface area (Å²) in [4.78, 5) is 22.6. The van der Waals surface area contributed by atoms with E-state index in [1.807, 2.05) is 72.9 Å². The van der Waals surface area contributed by atoms with Crippen LogP contribution in [0.5, 0.6) is 11.5 Å². The number of aromatic amines is 1. The molecule has 2 N–H and O–H groups in total. The maximum Gasteiger partial charge on any atom is 0.237 e. The number of amides is 1. The third kappa shape index (κ3) is 6.18. The second kappa shape index (κ2) is 11.3. The van der Waals surface area contributed by atoms with Gasteiger partial charge in [0.2, 0.25) is 5.91 Å². The van der Waals surface area contributed by atoms with Crippen molar-refractivity contribution in [1.29, 1.82) is 5.26 Å². The van der Waals surface area contributed by atoms with E-state index in [-0.39, 0.29) is 11.9 Å². The summed E-state index contributed by atoms with van der Waals surface area (Å²) < 4.78 is 5.96. The largest absolute Gasteiger partial charge is 0.456 e. The fraction of sp³-hybridized carbons (Fsp3) is 0.207. The summed E-state index contributed by atoms with van der Waals surface area (Å²) in [5.74, 6) is 2.03. The van der Waals surface area contributed by atoms with E-state index in [0.717, 1.165) is 29.1 Å². The molecule has 1 amide bonds. The molecule has 1 atom stereocenters. The van der Waals surface area contributed by atoms with Crippen molar-refractivity contribution in [3.8, 4) is 17.6 Å².